The molecule has 7 nitrogen and oxygen atoms in total. The number of imidazole rings is 1. The van der Waals surface area contributed by atoms with E-state index < -0.39 is 12.0 Å². The second kappa shape index (κ2) is 7.37. The van der Waals surface area contributed by atoms with Crippen molar-refractivity contribution < 1.29 is 19.8 Å². The summed E-state index contributed by atoms with van der Waals surface area (Å²) in [6.07, 6.45) is 3.39. The van der Waals surface area contributed by atoms with Crippen LogP contribution >= 0.6 is 0 Å². The van der Waals surface area contributed by atoms with E-state index in [-0.39, 0.29) is 36.5 Å². The van der Waals surface area contributed by atoms with Crippen LogP contribution in [0.1, 0.15) is 22.5 Å². The summed E-state index contributed by atoms with van der Waals surface area (Å²) in [5.74, 6) is -1.30. The molecule has 0 aliphatic rings. The number of carbonyl (C=O) groups excluding carboxylic acids is 1. The number of rotatable bonds is 8. The number of carboxylic acid groups (broad SMARTS) is 1. The number of carboxylic acids is 1. The van der Waals surface area contributed by atoms with E-state index in [4.69, 9.17) is 0 Å². The Hall–Kier alpha value is -2.67. The number of phenolic OH excluding ortho intramolecular Hbond substituents is 1. The Kier molecular flexibility index (Phi) is 5.26. The van der Waals surface area contributed by atoms with E-state index in [0.717, 1.165) is 0 Å². The Balaban J connectivity index is 1.86. The van der Waals surface area contributed by atoms with Crippen molar-refractivity contribution in [2.24, 2.45) is 0 Å². The first kappa shape index (κ1) is 15.7. The Morgan fingerprint density at radius 2 is 2.09 bits per heavy atom. The van der Waals surface area contributed by atoms with Crippen LogP contribution in [0.5, 0.6) is 5.75 Å². The zero-order valence-corrected chi connectivity index (χ0v) is 11.8. The maximum Gasteiger partial charge on any atom is 0.321 e. The van der Waals surface area contributed by atoms with Gasteiger partial charge in [0.2, 0.25) is 0 Å². The third-order valence-corrected chi connectivity index (χ3v) is 3.22. The van der Waals surface area contributed by atoms with Crippen molar-refractivity contribution >= 4 is 11.8 Å². The van der Waals surface area contributed by atoms with Crippen molar-refractivity contribution in [1.82, 2.24) is 15.3 Å². The second-order valence-electron chi connectivity index (χ2n) is 4.82. The molecule has 116 valence electrons. The van der Waals surface area contributed by atoms with Crippen LogP contribution in [0.25, 0.3) is 0 Å². The number of aromatic hydroxyl groups is 1. The molecule has 7 heteroatoms. The predicted molar refractivity (Wildman–Crippen MR) is 78.8 cm³/mol. The molecule has 0 bridgehead atoms. The molecular weight excluding hydrogens is 286 g/mol. The first-order valence-electron chi connectivity index (χ1n) is 6.82. The fourth-order valence-corrected chi connectivity index (χ4v) is 2.07. The zero-order valence-electron chi connectivity index (χ0n) is 11.8. The number of phenols is 1. The van der Waals surface area contributed by atoms with Gasteiger partial charge in [-0.2, -0.15) is 0 Å². The van der Waals surface area contributed by atoms with E-state index in [9.17, 15) is 19.8 Å². The Bertz CT molecular complexity index is 640. The van der Waals surface area contributed by atoms with Crippen molar-refractivity contribution in [1.29, 1.82) is 0 Å². The molecule has 4 N–H and O–H groups in total. The first-order chi connectivity index (χ1) is 10.6. The van der Waals surface area contributed by atoms with Crippen molar-refractivity contribution in [2.45, 2.75) is 18.9 Å². The molecule has 0 spiro atoms. The van der Waals surface area contributed by atoms with E-state index in [0.29, 0.717) is 5.69 Å². The van der Waals surface area contributed by atoms with E-state index in [1.165, 1.54) is 18.5 Å². The maximum absolute atomic E-state index is 12.0. The van der Waals surface area contributed by atoms with Gasteiger partial charge in [-0.25, -0.2) is 4.98 Å². The lowest BCUT2D eigenvalue weighted by atomic mass is 10.1. The van der Waals surface area contributed by atoms with Crippen molar-refractivity contribution in [3.63, 3.8) is 0 Å². The number of nitrogens with zero attached hydrogens (tertiary/aromatic N) is 1. The molecule has 22 heavy (non-hydrogen) atoms. The normalized spacial score (nSPS) is 12.0. The molecule has 0 aliphatic carbocycles. The van der Waals surface area contributed by atoms with Crippen molar-refractivity contribution in [2.75, 3.05) is 6.54 Å². The third-order valence-electron chi connectivity index (χ3n) is 3.22. The van der Waals surface area contributed by atoms with Gasteiger partial charge in [-0.05, 0) is 12.1 Å². The van der Waals surface area contributed by atoms with E-state index >= 15 is 0 Å². The number of ketones is 1. The maximum atomic E-state index is 12.0. The number of aromatic nitrogens is 2. The topological polar surface area (TPSA) is 115 Å². The highest BCUT2D eigenvalue weighted by atomic mass is 16.4. The van der Waals surface area contributed by atoms with Crippen LogP contribution in [0.2, 0.25) is 0 Å². The van der Waals surface area contributed by atoms with Gasteiger partial charge in [0.15, 0.2) is 5.78 Å². The van der Waals surface area contributed by atoms with Gasteiger partial charge < -0.3 is 20.5 Å². The largest absolute Gasteiger partial charge is 0.507 e. The fraction of sp³-hybridized carbons (Fsp3) is 0.267. The minimum Gasteiger partial charge on any atom is -0.507 e. The minimum absolute atomic E-state index is 0.0697. The number of carbonyl (C=O) groups is 2. The standard InChI is InChI=1S/C15H17N3O4/c19-13-4-2-1-3-11(13)14(20)5-6-17-12(15(21)22)7-10-8-16-9-18-10/h1-4,8-9,12,17,19H,5-7H2,(H,16,18)(H,21,22). The first-order valence-corrected chi connectivity index (χ1v) is 6.82. The van der Waals surface area contributed by atoms with Crippen LogP contribution in [0.3, 0.4) is 0 Å². The van der Waals surface area contributed by atoms with Gasteiger partial charge in [0.1, 0.15) is 11.8 Å². The summed E-state index contributed by atoms with van der Waals surface area (Å²) in [4.78, 5) is 29.8. The molecule has 0 amide bonds. The van der Waals surface area contributed by atoms with Crippen molar-refractivity contribution in [3.8, 4) is 5.75 Å². The number of benzene rings is 1. The smallest absolute Gasteiger partial charge is 0.321 e. The molecule has 1 heterocycles. The molecule has 1 aromatic heterocycles. The van der Waals surface area contributed by atoms with Gasteiger partial charge in [-0.15, -0.1) is 0 Å². The Labute approximate surface area is 127 Å². The third kappa shape index (κ3) is 4.16. The quantitative estimate of drug-likeness (QED) is 0.540. The van der Waals surface area contributed by atoms with Crippen LogP contribution in [0.15, 0.2) is 36.8 Å². The van der Waals surface area contributed by atoms with Crippen LogP contribution < -0.4 is 5.32 Å². The Morgan fingerprint density at radius 3 is 2.73 bits per heavy atom. The van der Waals surface area contributed by atoms with E-state index in [1.807, 2.05) is 0 Å². The van der Waals surface area contributed by atoms with Crippen LogP contribution in [-0.2, 0) is 11.2 Å². The average Bonchev–Trinajstić information content (AvgIpc) is 2.99. The van der Waals surface area contributed by atoms with Crippen LogP contribution in [0, 0.1) is 0 Å². The Morgan fingerprint density at radius 1 is 1.32 bits per heavy atom. The lowest BCUT2D eigenvalue weighted by molar-refractivity contribution is -0.139. The predicted octanol–water partition coefficient (Wildman–Crippen LogP) is 0.974. The summed E-state index contributed by atoms with van der Waals surface area (Å²) in [5, 5.41) is 21.6. The summed E-state index contributed by atoms with van der Waals surface area (Å²) in [6, 6.07) is 5.47. The van der Waals surface area contributed by atoms with Gasteiger partial charge in [-0.3, -0.25) is 9.59 Å². The summed E-state index contributed by atoms with van der Waals surface area (Å²) in [7, 11) is 0. The average molecular weight is 303 g/mol. The monoisotopic (exact) mass is 303 g/mol. The van der Waals surface area contributed by atoms with Gasteiger partial charge in [0.05, 0.1) is 11.9 Å². The summed E-state index contributed by atoms with van der Waals surface area (Å²) in [6.45, 7) is 0.207. The second-order valence-corrected chi connectivity index (χ2v) is 4.82. The van der Waals surface area contributed by atoms with Crippen LogP contribution in [0.4, 0.5) is 0 Å². The van der Waals surface area contributed by atoms with Gasteiger partial charge in [0.25, 0.3) is 0 Å². The summed E-state index contributed by atoms with van der Waals surface area (Å²) in [5.41, 5.74) is 0.941. The number of aromatic amines is 1. The van der Waals surface area contributed by atoms with Crippen molar-refractivity contribution in [3.05, 3.63) is 48.0 Å². The van der Waals surface area contributed by atoms with Gasteiger partial charge >= 0.3 is 5.97 Å². The molecule has 0 fully saturated rings. The number of hydrogen-bond donors (Lipinski definition) is 4. The number of aliphatic carboxylic acids is 1. The zero-order chi connectivity index (χ0) is 15.9. The molecular formula is C15H17N3O4. The highest BCUT2D eigenvalue weighted by Gasteiger charge is 2.19. The summed E-state index contributed by atoms with van der Waals surface area (Å²) < 4.78 is 0. The van der Waals surface area contributed by atoms with Gasteiger partial charge in [0, 0.05) is 31.3 Å². The lowest BCUT2D eigenvalue weighted by Crippen LogP contribution is -2.39. The highest BCUT2D eigenvalue weighted by Crippen LogP contribution is 2.17. The van der Waals surface area contributed by atoms with Crippen LogP contribution in [-0.4, -0.2) is 44.5 Å². The molecule has 1 aromatic carbocycles. The number of Topliss-reactive ketones (excluding diaryl/α,β-unsaturated/α-hetero) is 1. The number of nitrogens with one attached hydrogen (secondary N) is 2. The molecule has 0 saturated heterocycles. The SMILES string of the molecule is O=C(CCNC(Cc1cnc[nH]1)C(=O)O)c1ccccc1O. The van der Waals surface area contributed by atoms with E-state index in [2.05, 4.69) is 15.3 Å². The van der Waals surface area contributed by atoms with E-state index in [1.54, 1.807) is 18.3 Å². The highest BCUT2D eigenvalue weighted by molar-refractivity contribution is 5.98. The molecule has 1 atom stereocenters. The molecule has 0 radical (unpaired) electrons. The molecule has 0 aliphatic heterocycles. The number of hydrogen-bond acceptors (Lipinski definition) is 5. The molecule has 2 aromatic rings. The molecule has 0 saturated carbocycles. The molecule has 2 rings (SSSR count). The number of H-pyrrole nitrogens is 1. The lowest BCUT2D eigenvalue weighted by Gasteiger charge is -2.13. The van der Waals surface area contributed by atoms with Gasteiger partial charge in [-0.1, -0.05) is 12.1 Å². The molecule has 1 unspecified atom stereocenters. The minimum atomic E-state index is -0.996. The summed E-state index contributed by atoms with van der Waals surface area (Å²) >= 11 is 0. The number of para-hydroxylation sites is 1. The fourth-order valence-electron chi connectivity index (χ4n) is 2.07.